The maximum Gasteiger partial charge on any atom is 0.311 e. The first-order valence-corrected chi connectivity index (χ1v) is 38.0. The first-order chi connectivity index (χ1) is 48.5. The lowest BCUT2D eigenvalue weighted by molar-refractivity contribution is -0.320. The van der Waals surface area contributed by atoms with Gasteiger partial charge in [0.1, 0.15) is 59.4 Å². The van der Waals surface area contributed by atoms with Gasteiger partial charge in [-0.2, -0.15) is 0 Å². The summed E-state index contributed by atoms with van der Waals surface area (Å²) in [6.45, 7) is 32.4. The summed E-state index contributed by atoms with van der Waals surface area (Å²) < 4.78 is 90.3. The number of hydrogen-bond donors (Lipinski definition) is 8. The number of methoxy groups -OCH3 is 4. The minimum Gasteiger partial charge on any atom is -0.459 e. The molecule has 6 fully saturated rings. The molecule has 0 aromatic heterocycles. The molecule has 6 heterocycles. The molecule has 0 aromatic carbocycles. The molecule has 0 aliphatic carbocycles. The highest BCUT2D eigenvalue weighted by Gasteiger charge is 2.58. The van der Waals surface area contributed by atoms with Crippen LogP contribution in [0.5, 0.6) is 0 Å². The van der Waals surface area contributed by atoms with Gasteiger partial charge in [-0.05, 0) is 129 Å². The molecule has 0 unspecified atom stereocenters. The van der Waals surface area contributed by atoms with E-state index in [4.69, 9.17) is 66.3 Å². The average Bonchev–Trinajstić information content (AvgIpc) is 0.772. The SMILES string of the molecule is CC[C@H]1OC(=O)[C@H](C)[C@@H](O[C@H]2C[C@@](C)(OC)[C@@H](O)[C@H](C)O2)[C@H](C)[C@@H](O[C@@H]2O[C@H](C)C[C@H](N(C)CC(=O)N(C)[C@H]3C[C@@H](C)O[C@@H](O[C@@H]4[C@@H](C)[C@H](O[C@H]5C[C@@](C)(OC)[C@@H](O)[C@H](C)O5)[C@@H](C)C(=O)O[C@H](CC)[C@@](C)(O)[C@H](O)[C@@H](C)C(=O)[C@H](C)C[C@@]4(C)OC)[C@@H]3O)[C@H]2O)[C@](C)(OC)C[C@@H](C)C(=O)[C@H](C)[C@@H](O)[C@]1(C)O. The molecule has 6 saturated heterocycles. The Labute approximate surface area is 622 Å². The standard InChI is InChI=1S/C76H134N2O27/c1-27-50-75(19,90)61(84)40(7)55(80)36(3)31-73(17,94-25)65(42(9)59(44(11)67(88)100-50)102-53-33-71(15,92-23)63(86)46(13)98-53)104-69-57(82)48(29-38(5)96-69)77(21)35-52(79)78(22)49-30-39(6)97-70(58(49)83)105-66-43(10)60(103-54-34-72(16,93-24)64(87)47(14)99-54)45(12)68(89)101-51(28-2)76(20,91)62(85)41(8)56(81)37(4)32-74(66,18)95-26/h36-51,53-54,57-66,69-70,82-87,90-91H,27-35H2,1-26H3/t36-,37-,38-,39-,40+,41+,42+,43+,44-,45-,46+,47+,48+,49+,50-,51-,53+,54+,57-,58-,59+,60+,61-,62-,63+,64+,65-,66-,69+,70+,71-,72-,73-,74-,75-,76-/m1/s1. The first-order valence-electron chi connectivity index (χ1n) is 38.0. The normalized spacial score (nSPS) is 48.7. The molecule has 29 nitrogen and oxygen atoms in total. The first kappa shape index (κ1) is 90.8. The summed E-state index contributed by atoms with van der Waals surface area (Å²) in [5.74, 6) is -11.3. The number of nitrogens with zero attached hydrogens (tertiary/aromatic N) is 2. The molecule has 0 aromatic rings. The molecular formula is C76H134N2O27. The molecule has 105 heavy (non-hydrogen) atoms. The zero-order chi connectivity index (χ0) is 79.6. The van der Waals surface area contributed by atoms with Gasteiger partial charge in [0.15, 0.2) is 25.2 Å². The number of aliphatic hydroxyl groups excluding tert-OH is 6. The molecule has 0 radical (unpaired) electrons. The van der Waals surface area contributed by atoms with Gasteiger partial charge in [0.2, 0.25) is 5.91 Å². The van der Waals surface area contributed by atoms with Crippen LogP contribution in [-0.2, 0) is 90.3 Å². The fourth-order valence-corrected chi connectivity index (χ4v) is 17.6. The summed E-state index contributed by atoms with van der Waals surface area (Å²) in [4.78, 5) is 76.7. The van der Waals surface area contributed by atoms with Crippen molar-refractivity contribution in [3.8, 4) is 0 Å². The summed E-state index contributed by atoms with van der Waals surface area (Å²) >= 11 is 0. The van der Waals surface area contributed by atoms with E-state index in [-0.39, 0.29) is 57.9 Å². The van der Waals surface area contributed by atoms with Gasteiger partial charge in [-0.25, -0.2) is 0 Å². The number of cyclic esters (lactones) is 2. The third-order valence-electron chi connectivity index (χ3n) is 25.1. The molecule has 6 aliphatic rings. The Kier molecular flexibility index (Phi) is 31.3. The maximum absolute atomic E-state index is 15.0. The van der Waals surface area contributed by atoms with Crippen LogP contribution < -0.4 is 0 Å². The minimum absolute atomic E-state index is 0.00269. The lowest BCUT2D eigenvalue weighted by Crippen LogP contribution is -2.63. The zero-order valence-corrected chi connectivity index (χ0v) is 67.4. The number of ether oxygens (including phenoxy) is 14. The van der Waals surface area contributed by atoms with E-state index >= 15 is 4.79 Å². The van der Waals surface area contributed by atoms with Crippen LogP contribution in [-0.4, -0.2) is 298 Å². The van der Waals surface area contributed by atoms with Gasteiger partial charge in [0.25, 0.3) is 0 Å². The second kappa shape index (κ2) is 36.2. The Balaban J connectivity index is 1.34. The van der Waals surface area contributed by atoms with Gasteiger partial charge >= 0.3 is 11.9 Å². The van der Waals surface area contributed by atoms with Crippen molar-refractivity contribution in [1.82, 2.24) is 9.80 Å². The van der Waals surface area contributed by atoms with Crippen LogP contribution in [0.15, 0.2) is 0 Å². The highest BCUT2D eigenvalue weighted by molar-refractivity contribution is 5.84. The Bertz CT molecular complexity index is 2860. The third kappa shape index (κ3) is 19.5. The lowest BCUT2D eigenvalue weighted by atomic mass is 9.73. The van der Waals surface area contributed by atoms with E-state index < -0.39 is 245 Å². The Hall–Kier alpha value is -3.09. The van der Waals surface area contributed by atoms with E-state index in [1.54, 1.807) is 130 Å². The van der Waals surface area contributed by atoms with Crippen molar-refractivity contribution in [1.29, 1.82) is 0 Å². The molecule has 1 amide bonds. The number of ketones is 2. The molecule has 0 saturated carbocycles. The van der Waals surface area contributed by atoms with Crippen LogP contribution >= 0.6 is 0 Å². The molecule has 0 bridgehead atoms. The van der Waals surface area contributed by atoms with E-state index in [0.717, 1.165) is 0 Å². The molecule has 8 N–H and O–H groups in total. The molecule has 0 spiro atoms. The summed E-state index contributed by atoms with van der Waals surface area (Å²) in [5, 5.41) is 95.5. The molecule has 29 heteroatoms. The van der Waals surface area contributed by atoms with E-state index in [2.05, 4.69) is 0 Å². The van der Waals surface area contributed by atoms with Gasteiger partial charge < -0.3 is 112 Å². The number of likely N-dealkylation sites (N-methyl/N-ethyl adjacent to an activating group) is 2. The van der Waals surface area contributed by atoms with Gasteiger partial charge in [-0.15, -0.1) is 0 Å². The van der Waals surface area contributed by atoms with Crippen LogP contribution in [0.1, 0.15) is 190 Å². The highest BCUT2D eigenvalue weighted by Crippen LogP contribution is 2.46. The topological polar surface area (TPSA) is 383 Å². The molecule has 6 aliphatic heterocycles. The van der Waals surface area contributed by atoms with Crippen molar-refractivity contribution in [3.05, 3.63) is 0 Å². The van der Waals surface area contributed by atoms with Crippen LogP contribution in [0.2, 0.25) is 0 Å². The van der Waals surface area contributed by atoms with Crippen molar-refractivity contribution in [2.45, 2.75) is 358 Å². The predicted molar refractivity (Wildman–Crippen MR) is 380 cm³/mol. The van der Waals surface area contributed by atoms with Crippen molar-refractivity contribution in [3.63, 3.8) is 0 Å². The fourth-order valence-electron chi connectivity index (χ4n) is 17.6. The van der Waals surface area contributed by atoms with Crippen LogP contribution in [0.25, 0.3) is 0 Å². The quantitative estimate of drug-likeness (QED) is 0.0893. The monoisotopic (exact) mass is 1510 g/mol. The summed E-state index contributed by atoms with van der Waals surface area (Å²) in [5.41, 5.74) is -9.51. The number of carbonyl (C=O) groups excluding carboxylic acids is 5. The van der Waals surface area contributed by atoms with E-state index in [1.165, 1.54) is 61.0 Å². The van der Waals surface area contributed by atoms with Gasteiger partial charge in [0, 0.05) is 89.9 Å². The van der Waals surface area contributed by atoms with Crippen LogP contribution in [0.4, 0.5) is 0 Å². The number of amides is 1. The largest absolute Gasteiger partial charge is 0.459 e. The Morgan fingerprint density at radius 1 is 0.467 bits per heavy atom. The van der Waals surface area contributed by atoms with Gasteiger partial charge in [-0.1, -0.05) is 55.4 Å². The highest BCUT2D eigenvalue weighted by atomic mass is 16.7. The van der Waals surface area contributed by atoms with Gasteiger partial charge in [-0.3, -0.25) is 28.9 Å². The smallest absolute Gasteiger partial charge is 0.311 e. The van der Waals surface area contributed by atoms with E-state index in [0.29, 0.717) is 0 Å². The predicted octanol–water partition coefficient (Wildman–Crippen LogP) is 4.16. The summed E-state index contributed by atoms with van der Waals surface area (Å²) in [6, 6.07) is -1.83. The number of rotatable bonds is 18. The Morgan fingerprint density at radius 3 is 1.13 bits per heavy atom. The third-order valence-corrected chi connectivity index (χ3v) is 25.1. The maximum atomic E-state index is 15.0. The van der Waals surface area contributed by atoms with Crippen molar-refractivity contribution in [2.24, 2.45) is 47.3 Å². The fraction of sp³-hybridized carbons (Fsp3) is 0.934. The number of Topliss-reactive ketones (excluding diaryl/α,β-unsaturated/α-hetero) is 2. The molecule has 36 atom stereocenters. The number of esters is 2. The van der Waals surface area contributed by atoms with Crippen molar-refractivity contribution < 1.29 is 131 Å². The Morgan fingerprint density at radius 2 is 0.800 bits per heavy atom. The second-order valence-electron chi connectivity index (χ2n) is 33.3. The zero-order valence-electron chi connectivity index (χ0n) is 67.4. The van der Waals surface area contributed by atoms with Crippen molar-refractivity contribution in [2.75, 3.05) is 49.1 Å². The number of hydrogen-bond acceptors (Lipinski definition) is 28. The molecule has 6 rings (SSSR count). The van der Waals surface area contributed by atoms with Gasteiger partial charge in [0.05, 0.1) is 108 Å². The van der Waals surface area contributed by atoms with Crippen LogP contribution in [0, 0.1) is 47.3 Å². The summed E-state index contributed by atoms with van der Waals surface area (Å²) in [6.07, 6.45) is -23.9. The molecular weight excluding hydrogens is 1370 g/mol. The second-order valence-corrected chi connectivity index (χ2v) is 33.3. The average molecular weight is 1510 g/mol. The lowest BCUT2D eigenvalue weighted by Gasteiger charge is -2.50. The minimum atomic E-state index is -2.09. The number of carbonyl (C=O) groups is 5. The van der Waals surface area contributed by atoms with Crippen molar-refractivity contribution >= 4 is 29.4 Å². The number of aliphatic hydroxyl groups is 8. The molecule has 610 valence electrons. The van der Waals surface area contributed by atoms with E-state index in [1.807, 2.05) is 0 Å². The van der Waals surface area contributed by atoms with Crippen LogP contribution in [0.3, 0.4) is 0 Å². The van der Waals surface area contributed by atoms with E-state index in [9.17, 15) is 60.0 Å². The summed E-state index contributed by atoms with van der Waals surface area (Å²) in [7, 11) is 8.98.